The quantitative estimate of drug-likeness (QED) is 0.499. The van der Waals surface area contributed by atoms with Crippen molar-refractivity contribution in [2.75, 3.05) is 0 Å². The number of hydrogen-bond donors (Lipinski definition) is 0. The molecule has 1 aliphatic carbocycles. The zero-order chi connectivity index (χ0) is 7.11. The highest BCUT2D eigenvalue weighted by Gasteiger charge is 2.07. The average Bonchev–Trinajstić information content (AvgIpc) is 2.53. The first-order chi connectivity index (χ1) is 4.35. The molecule has 0 aromatic carbocycles. The topological polar surface area (TPSA) is 34.1 Å². The standard InChI is InChI=1S/C6H10.CO2/c1-2-3-6-4-5-6;2-1-3/h3H,2,4-5H2,1H3;. The third kappa shape index (κ3) is 7.12. The minimum atomic E-state index is 0.250. The fourth-order valence-electron chi connectivity index (χ4n) is 0.565. The first-order valence-electron chi connectivity index (χ1n) is 3.02. The second kappa shape index (κ2) is 5.26. The molecule has 2 heteroatoms. The second-order valence-electron chi connectivity index (χ2n) is 1.85. The van der Waals surface area contributed by atoms with Gasteiger partial charge in [-0.15, -0.1) is 0 Å². The van der Waals surface area contributed by atoms with E-state index in [9.17, 15) is 0 Å². The molecule has 0 aromatic rings. The summed E-state index contributed by atoms with van der Waals surface area (Å²) in [6.07, 6.45) is 6.57. The summed E-state index contributed by atoms with van der Waals surface area (Å²) >= 11 is 0. The van der Waals surface area contributed by atoms with Crippen molar-refractivity contribution in [3.63, 3.8) is 0 Å². The highest BCUT2D eigenvalue weighted by Crippen LogP contribution is 2.27. The average molecular weight is 126 g/mol. The molecular formula is C7H10O2. The summed E-state index contributed by atoms with van der Waals surface area (Å²) < 4.78 is 0. The second-order valence-corrected chi connectivity index (χ2v) is 1.85. The van der Waals surface area contributed by atoms with Crippen LogP contribution in [0.1, 0.15) is 26.2 Å². The molecule has 2 nitrogen and oxygen atoms in total. The van der Waals surface area contributed by atoms with Crippen LogP contribution in [0.3, 0.4) is 0 Å². The molecular weight excluding hydrogens is 116 g/mol. The van der Waals surface area contributed by atoms with Gasteiger partial charge < -0.3 is 0 Å². The van der Waals surface area contributed by atoms with Crippen molar-refractivity contribution >= 4 is 6.15 Å². The van der Waals surface area contributed by atoms with E-state index in [0.717, 1.165) is 0 Å². The molecule has 0 unspecified atom stereocenters. The van der Waals surface area contributed by atoms with Crippen LogP contribution in [0, 0.1) is 0 Å². The van der Waals surface area contributed by atoms with E-state index in [4.69, 9.17) is 9.59 Å². The molecule has 0 bridgehead atoms. The zero-order valence-electron chi connectivity index (χ0n) is 5.52. The maximum Gasteiger partial charge on any atom is 0.373 e. The highest BCUT2D eigenvalue weighted by molar-refractivity contribution is 5.20. The molecule has 1 rings (SSSR count). The summed E-state index contributed by atoms with van der Waals surface area (Å²) in [5, 5.41) is 0. The smallest absolute Gasteiger partial charge is 0.186 e. The lowest BCUT2D eigenvalue weighted by molar-refractivity contribution is -0.191. The van der Waals surface area contributed by atoms with Crippen LogP contribution in [0.2, 0.25) is 0 Å². The molecule has 0 N–H and O–H groups in total. The highest BCUT2D eigenvalue weighted by atomic mass is 16.2. The molecule has 0 aromatic heterocycles. The van der Waals surface area contributed by atoms with E-state index in [-0.39, 0.29) is 6.15 Å². The van der Waals surface area contributed by atoms with Gasteiger partial charge in [0.25, 0.3) is 0 Å². The van der Waals surface area contributed by atoms with Crippen LogP contribution in [0.15, 0.2) is 11.6 Å². The van der Waals surface area contributed by atoms with Crippen LogP contribution >= 0.6 is 0 Å². The molecule has 0 heterocycles. The molecule has 0 amide bonds. The van der Waals surface area contributed by atoms with Crippen LogP contribution in [-0.2, 0) is 9.59 Å². The molecule has 0 spiro atoms. The van der Waals surface area contributed by atoms with Crippen molar-refractivity contribution in [1.82, 2.24) is 0 Å². The van der Waals surface area contributed by atoms with Crippen LogP contribution in [-0.4, -0.2) is 6.15 Å². The first-order valence-corrected chi connectivity index (χ1v) is 3.02. The Bertz CT molecular complexity index is 124. The molecule has 0 saturated heterocycles. The third-order valence-corrected chi connectivity index (χ3v) is 1.03. The summed E-state index contributed by atoms with van der Waals surface area (Å²) in [6.45, 7) is 2.19. The van der Waals surface area contributed by atoms with Gasteiger partial charge in [0.05, 0.1) is 0 Å². The van der Waals surface area contributed by atoms with Crippen LogP contribution in [0.4, 0.5) is 0 Å². The first kappa shape index (κ1) is 8.12. The predicted molar refractivity (Wildman–Crippen MR) is 32.6 cm³/mol. The van der Waals surface area contributed by atoms with E-state index in [1.54, 1.807) is 5.57 Å². The Kier molecular flexibility index (Phi) is 4.75. The van der Waals surface area contributed by atoms with Gasteiger partial charge in [0, 0.05) is 0 Å². The van der Waals surface area contributed by atoms with Crippen molar-refractivity contribution in [2.45, 2.75) is 26.2 Å². The Balaban J connectivity index is 0.000000187. The summed E-state index contributed by atoms with van der Waals surface area (Å²) in [4.78, 5) is 16.2. The number of rotatable bonds is 1. The van der Waals surface area contributed by atoms with Crippen LogP contribution in [0.5, 0.6) is 0 Å². The van der Waals surface area contributed by atoms with E-state index >= 15 is 0 Å². The van der Waals surface area contributed by atoms with Gasteiger partial charge in [0.2, 0.25) is 0 Å². The Morgan fingerprint density at radius 2 is 2.00 bits per heavy atom. The SMILES string of the molecule is CCC=C1CC1.O=C=O. The van der Waals surface area contributed by atoms with E-state index < -0.39 is 0 Å². The lowest BCUT2D eigenvalue weighted by Gasteiger charge is -1.67. The van der Waals surface area contributed by atoms with Crippen molar-refractivity contribution in [3.8, 4) is 0 Å². The molecule has 0 radical (unpaired) electrons. The Morgan fingerprint density at radius 3 is 2.11 bits per heavy atom. The van der Waals surface area contributed by atoms with Gasteiger partial charge in [-0.05, 0) is 19.3 Å². The van der Waals surface area contributed by atoms with Crippen molar-refractivity contribution < 1.29 is 9.59 Å². The molecule has 1 saturated carbocycles. The van der Waals surface area contributed by atoms with Gasteiger partial charge in [-0.25, -0.2) is 0 Å². The molecule has 1 aliphatic rings. The third-order valence-electron chi connectivity index (χ3n) is 1.03. The van der Waals surface area contributed by atoms with Gasteiger partial charge in [-0.2, -0.15) is 9.59 Å². The van der Waals surface area contributed by atoms with E-state index in [1.165, 1.54) is 19.3 Å². The molecule has 9 heavy (non-hydrogen) atoms. The Morgan fingerprint density at radius 1 is 1.56 bits per heavy atom. The summed E-state index contributed by atoms with van der Waals surface area (Å²) in [5.41, 5.74) is 1.66. The van der Waals surface area contributed by atoms with Gasteiger partial charge >= 0.3 is 6.15 Å². The zero-order valence-corrected chi connectivity index (χ0v) is 5.52. The number of allylic oxidation sites excluding steroid dienone is 2. The Hall–Kier alpha value is -0.880. The van der Waals surface area contributed by atoms with Gasteiger partial charge in [-0.1, -0.05) is 18.6 Å². The monoisotopic (exact) mass is 126 g/mol. The maximum absolute atomic E-state index is 8.12. The molecule has 1 fully saturated rings. The summed E-state index contributed by atoms with van der Waals surface area (Å²) in [5.74, 6) is 0. The van der Waals surface area contributed by atoms with Crippen LogP contribution in [0.25, 0.3) is 0 Å². The number of carbonyl (C=O) groups excluding carboxylic acids is 2. The molecule has 50 valence electrons. The largest absolute Gasteiger partial charge is 0.373 e. The lowest BCUT2D eigenvalue weighted by Crippen LogP contribution is -1.46. The van der Waals surface area contributed by atoms with Gasteiger partial charge in [0.1, 0.15) is 0 Å². The maximum atomic E-state index is 8.12. The molecule has 0 aliphatic heterocycles. The van der Waals surface area contributed by atoms with Crippen LogP contribution < -0.4 is 0 Å². The molecule has 0 atom stereocenters. The lowest BCUT2D eigenvalue weighted by atomic mass is 10.4. The van der Waals surface area contributed by atoms with E-state index in [0.29, 0.717) is 0 Å². The Labute approximate surface area is 54.6 Å². The fourth-order valence-corrected chi connectivity index (χ4v) is 0.565. The minimum absolute atomic E-state index is 0.250. The fraction of sp³-hybridized carbons (Fsp3) is 0.571. The van der Waals surface area contributed by atoms with E-state index in [1.807, 2.05) is 0 Å². The van der Waals surface area contributed by atoms with Crippen molar-refractivity contribution in [2.24, 2.45) is 0 Å². The summed E-state index contributed by atoms with van der Waals surface area (Å²) in [7, 11) is 0. The van der Waals surface area contributed by atoms with Crippen molar-refractivity contribution in [1.29, 1.82) is 0 Å². The van der Waals surface area contributed by atoms with Gasteiger partial charge in [-0.3, -0.25) is 0 Å². The van der Waals surface area contributed by atoms with Crippen molar-refractivity contribution in [3.05, 3.63) is 11.6 Å². The summed E-state index contributed by atoms with van der Waals surface area (Å²) in [6, 6.07) is 0. The normalized spacial score (nSPS) is 12.8. The minimum Gasteiger partial charge on any atom is -0.186 e. The number of hydrogen-bond acceptors (Lipinski definition) is 2. The van der Waals surface area contributed by atoms with Gasteiger partial charge in [0.15, 0.2) is 0 Å². The predicted octanol–water partition coefficient (Wildman–Crippen LogP) is 1.53. The van der Waals surface area contributed by atoms with E-state index in [2.05, 4.69) is 13.0 Å².